The highest BCUT2D eigenvalue weighted by molar-refractivity contribution is 7.10. The molecule has 2 aromatic heterocycles. The molecule has 8 nitrogen and oxygen atoms in total. The zero-order valence-corrected chi connectivity index (χ0v) is 17.8. The van der Waals surface area contributed by atoms with Gasteiger partial charge in [-0.3, -0.25) is 9.59 Å². The number of methoxy groups -OCH3 is 1. The van der Waals surface area contributed by atoms with E-state index in [4.69, 9.17) is 4.74 Å². The second kappa shape index (κ2) is 9.80. The third-order valence-corrected chi connectivity index (χ3v) is 6.12. The number of aryl methyl sites for hydroxylation is 1. The van der Waals surface area contributed by atoms with Crippen LogP contribution in [0.25, 0.3) is 0 Å². The lowest BCUT2D eigenvalue weighted by molar-refractivity contribution is -0.125. The van der Waals surface area contributed by atoms with E-state index in [0.717, 1.165) is 6.42 Å². The molecule has 1 aliphatic rings. The Bertz CT molecular complexity index is 856. The largest absolute Gasteiger partial charge is 0.479 e. The molecule has 2 aromatic rings. The topological polar surface area (TPSA) is 96.5 Å². The van der Waals surface area contributed by atoms with Crippen molar-refractivity contribution < 1.29 is 14.3 Å². The molecule has 0 radical (unpaired) electrons. The van der Waals surface area contributed by atoms with Crippen LogP contribution in [0.2, 0.25) is 0 Å². The monoisotopic (exact) mass is 417 g/mol. The van der Waals surface area contributed by atoms with Crippen LogP contribution >= 0.6 is 11.3 Å². The van der Waals surface area contributed by atoms with Crippen LogP contribution in [0.15, 0.2) is 23.8 Å². The van der Waals surface area contributed by atoms with Gasteiger partial charge in [0.1, 0.15) is 0 Å². The molecule has 0 saturated carbocycles. The summed E-state index contributed by atoms with van der Waals surface area (Å²) >= 11 is 1.66. The third-order valence-electron chi connectivity index (χ3n) is 5.10. The molecule has 2 atom stereocenters. The Kier molecular flexibility index (Phi) is 7.16. The maximum Gasteiger partial charge on any atom is 0.275 e. The SMILES string of the molecule is COc1nccnc1C(=O)N[C@H]1CC[C@@H](C(=O)NCc2sccc2C)CN(C)C1. The van der Waals surface area contributed by atoms with E-state index in [1.54, 1.807) is 11.3 Å². The van der Waals surface area contributed by atoms with Gasteiger partial charge in [0.15, 0.2) is 5.69 Å². The predicted octanol–water partition coefficient (Wildman–Crippen LogP) is 1.61. The first-order valence-corrected chi connectivity index (χ1v) is 10.5. The third kappa shape index (κ3) is 5.51. The Morgan fingerprint density at radius 1 is 1.28 bits per heavy atom. The lowest BCUT2D eigenvalue weighted by Gasteiger charge is -2.22. The van der Waals surface area contributed by atoms with Crippen molar-refractivity contribution in [2.75, 3.05) is 27.2 Å². The van der Waals surface area contributed by atoms with Gasteiger partial charge in [-0.1, -0.05) is 0 Å². The molecule has 0 spiro atoms. The van der Waals surface area contributed by atoms with Crippen molar-refractivity contribution in [2.45, 2.75) is 32.4 Å². The molecule has 1 aliphatic heterocycles. The number of hydrogen-bond donors (Lipinski definition) is 2. The van der Waals surface area contributed by atoms with Gasteiger partial charge in [-0.25, -0.2) is 9.97 Å². The second-order valence-corrected chi connectivity index (χ2v) is 8.33. The summed E-state index contributed by atoms with van der Waals surface area (Å²) in [6.07, 6.45) is 4.37. The van der Waals surface area contributed by atoms with Crippen LogP contribution < -0.4 is 15.4 Å². The summed E-state index contributed by atoms with van der Waals surface area (Å²) in [7, 11) is 3.43. The normalized spacial score (nSPS) is 20.0. The van der Waals surface area contributed by atoms with Crippen LogP contribution in [0.5, 0.6) is 5.88 Å². The molecule has 9 heteroatoms. The minimum atomic E-state index is -0.315. The molecule has 0 bridgehead atoms. The van der Waals surface area contributed by atoms with Crippen LogP contribution in [0.4, 0.5) is 0 Å². The number of ether oxygens (including phenoxy) is 1. The van der Waals surface area contributed by atoms with Crippen molar-refractivity contribution in [1.29, 1.82) is 0 Å². The summed E-state index contributed by atoms with van der Waals surface area (Å²) in [5.41, 5.74) is 1.37. The lowest BCUT2D eigenvalue weighted by atomic mass is 10.0. The van der Waals surface area contributed by atoms with Crippen molar-refractivity contribution in [3.05, 3.63) is 40.0 Å². The van der Waals surface area contributed by atoms with E-state index in [-0.39, 0.29) is 35.3 Å². The van der Waals surface area contributed by atoms with Crippen LogP contribution in [-0.4, -0.2) is 60.0 Å². The predicted molar refractivity (Wildman–Crippen MR) is 111 cm³/mol. The Morgan fingerprint density at radius 3 is 2.79 bits per heavy atom. The van der Waals surface area contributed by atoms with Crippen molar-refractivity contribution in [2.24, 2.45) is 5.92 Å². The summed E-state index contributed by atoms with van der Waals surface area (Å²) in [6, 6.07) is 1.99. The van der Waals surface area contributed by atoms with E-state index in [2.05, 4.69) is 38.5 Å². The summed E-state index contributed by atoms with van der Waals surface area (Å²) in [5.74, 6) is -0.155. The highest BCUT2D eigenvalue weighted by Crippen LogP contribution is 2.19. The highest BCUT2D eigenvalue weighted by Gasteiger charge is 2.28. The molecule has 1 fully saturated rings. The van der Waals surface area contributed by atoms with Gasteiger partial charge in [0.05, 0.1) is 19.6 Å². The van der Waals surface area contributed by atoms with Gasteiger partial charge in [-0.05, 0) is 43.8 Å². The quantitative estimate of drug-likeness (QED) is 0.741. The van der Waals surface area contributed by atoms with Crippen LogP contribution in [0.3, 0.4) is 0 Å². The first-order valence-electron chi connectivity index (χ1n) is 9.63. The van der Waals surface area contributed by atoms with Crippen LogP contribution in [0.1, 0.15) is 33.8 Å². The molecule has 0 aliphatic carbocycles. The van der Waals surface area contributed by atoms with Gasteiger partial charge < -0.3 is 20.3 Å². The average molecular weight is 418 g/mol. The van der Waals surface area contributed by atoms with Gasteiger partial charge in [-0.2, -0.15) is 0 Å². The van der Waals surface area contributed by atoms with Gasteiger partial charge in [0.25, 0.3) is 5.91 Å². The van der Waals surface area contributed by atoms with Crippen molar-refractivity contribution in [1.82, 2.24) is 25.5 Å². The Balaban J connectivity index is 1.56. The van der Waals surface area contributed by atoms with Crippen LogP contribution in [-0.2, 0) is 11.3 Å². The Morgan fingerprint density at radius 2 is 2.07 bits per heavy atom. The molecule has 2 N–H and O–H groups in total. The van der Waals surface area contributed by atoms with Gasteiger partial charge in [0, 0.05) is 36.4 Å². The molecule has 3 rings (SSSR count). The Hall–Kier alpha value is -2.52. The van der Waals surface area contributed by atoms with E-state index >= 15 is 0 Å². The zero-order valence-electron chi connectivity index (χ0n) is 17.0. The summed E-state index contributed by atoms with van der Waals surface area (Å²) in [5, 5.41) is 8.11. The smallest absolute Gasteiger partial charge is 0.275 e. The fraction of sp³-hybridized carbons (Fsp3) is 0.500. The number of amides is 2. The van der Waals surface area contributed by atoms with Gasteiger partial charge in [-0.15, -0.1) is 11.3 Å². The maximum atomic E-state index is 12.7. The molecule has 1 saturated heterocycles. The van der Waals surface area contributed by atoms with E-state index in [9.17, 15) is 9.59 Å². The molecular formula is C20H27N5O3S. The number of likely N-dealkylation sites (N-methyl/N-ethyl adjacent to an activating group) is 1. The molecular weight excluding hydrogens is 390 g/mol. The van der Waals surface area contributed by atoms with Crippen molar-refractivity contribution in [3.63, 3.8) is 0 Å². The number of thiophene rings is 1. The molecule has 0 aromatic carbocycles. The maximum absolute atomic E-state index is 12.7. The molecule has 0 unspecified atom stereocenters. The fourth-order valence-corrected chi connectivity index (χ4v) is 4.37. The van der Waals surface area contributed by atoms with Gasteiger partial charge >= 0.3 is 0 Å². The minimum Gasteiger partial charge on any atom is -0.479 e. The van der Waals surface area contributed by atoms with Gasteiger partial charge in [0.2, 0.25) is 11.8 Å². The van der Waals surface area contributed by atoms with Crippen molar-refractivity contribution >= 4 is 23.2 Å². The van der Waals surface area contributed by atoms with Crippen molar-refractivity contribution in [3.8, 4) is 5.88 Å². The van der Waals surface area contributed by atoms with E-state index in [1.165, 1.54) is 29.9 Å². The van der Waals surface area contributed by atoms with Crippen LogP contribution in [0, 0.1) is 12.8 Å². The summed E-state index contributed by atoms with van der Waals surface area (Å²) < 4.78 is 5.12. The molecule has 29 heavy (non-hydrogen) atoms. The number of carbonyl (C=O) groups is 2. The number of rotatable bonds is 6. The first-order chi connectivity index (χ1) is 14.0. The first kappa shape index (κ1) is 21.2. The molecule has 2 amide bonds. The number of likely N-dealkylation sites (tertiary alicyclic amines) is 1. The Labute approximate surface area is 174 Å². The molecule has 3 heterocycles. The lowest BCUT2D eigenvalue weighted by Crippen LogP contribution is -2.42. The minimum absolute atomic E-state index is 0.0622. The fourth-order valence-electron chi connectivity index (χ4n) is 3.52. The average Bonchev–Trinajstić information content (AvgIpc) is 3.03. The number of carbonyl (C=O) groups excluding carboxylic acids is 2. The number of nitrogens with zero attached hydrogens (tertiary/aromatic N) is 3. The van der Waals surface area contributed by atoms with E-state index in [1.807, 2.05) is 12.4 Å². The second-order valence-electron chi connectivity index (χ2n) is 7.32. The standard InChI is InChI=1S/C20H27N5O3S/c1-13-6-9-29-16(13)10-23-18(26)14-4-5-15(12-25(2)11-14)24-19(27)17-20(28-3)22-8-7-21-17/h6-9,14-15H,4-5,10-12H2,1-3H3,(H,23,26)(H,24,27)/t14-,15+/m1/s1. The number of aromatic nitrogens is 2. The number of nitrogens with one attached hydrogen (secondary N) is 2. The van der Waals surface area contributed by atoms with E-state index < -0.39 is 0 Å². The van der Waals surface area contributed by atoms with E-state index in [0.29, 0.717) is 26.1 Å². The zero-order chi connectivity index (χ0) is 20.8. The number of hydrogen-bond acceptors (Lipinski definition) is 7. The molecule has 156 valence electrons. The summed E-state index contributed by atoms with van der Waals surface area (Å²) in [6.45, 7) is 3.95. The summed E-state index contributed by atoms with van der Waals surface area (Å²) in [4.78, 5) is 36.7. The highest BCUT2D eigenvalue weighted by atomic mass is 32.1.